The minimum Gasteiger partial charge on any atom is -0.478 e. The summed E-state index contributed by atoms with van der Waals surface area (Å²) in [5, 5.41) is 9.83. The molecule has 0 aliphatic carbocycles. The summed E-state index contributed by atoms with van der Waals surface area (Å²) in [7, 11) is 4.57. The lowest BCUT2D eigenvalue weighted by Crippen LogP contribution is -2.22. The minimum atomic E-state index is -1.24. The van der Waals surface area contributed by atoms with Crippen LogP contribution < -0.4 is 4.90 Å². The predicted molar refractivity (Wildman–Crippen MR) is 96.3 cm³/mol. The van der Waals surface area contributed by atoms with Crippen molar-refractivity contribution in [1.29, 1.82) is 0 Å². The number of aromatic carboxylic acids is 1. The molecule has 0 fully saturated rings. The van der Waals surface area contributed by atoms with Crippen molar-refractivity contribution in [2.45, 2.75) is 19.8 Å². The molecule has 1 aromatic carbocycles. The SMILES string of the molecule is COC(=O)c1c(C(C)C)nc(N(C)C)c(C(=O)O)c1-c1ccc(F)cc1. The number of benzene rings is 1. The number of pyridine rings is 1. The average molecular weight is 360 g/mol. The molecule has 0 radical (unpaired) electrons. The number of carbonyl (C=O) groups excluding carboxylic acids is 1. The Morgan fingerprint density at radius 3 is 2.15 bits per heavy atom. The zero-order valence-corrected chi connectivity index (χ0v) is 15.3. The topological polar surface area (TPSA) is 79.7 Å². The van der Waals surface area contributed by atoms with E-state index in [1.165, 1.54) is 31.4 Å². The summed E-state index contributed by atoms with van der Waals surface area (Å²) in [4.78, 5) is 30.6. The molecule has 0 bridgehead atoms. The Bertz CT molecular complexity index is 846. The van der Waals surface area contributed by atoms with E-state index in [9.17, 15) is 19.1 Å². The minimum absolute atomic E-state index is 0.0807. The van der Waals surface area contributed by atoms with Crippen LogP contribution in [0.25, 0.3) is 11.1 Å². The Kier molecular flexibility index (Phi) is 5.59. The maximum Gasteiger partial charge on any atom is 0.340 e. The fourth-order valence-electron chi connectivity index (χ4n) is 2.75. The molecule has 1 heterocycles. The number of halogens is 1. The highest BCUT2D eigenvalue weighted by Crippen LogP contribution is 2.37. The van der Waals surface area contributed by atoms with Gasteiger partial charge < -0.3 is 14.7 Å². The number of esters is 1. The molecule has 0 aliphatic heterocycles. The second-order valence-corrected chi connectivity index (χ2v) is 6.30. The number of methoxy groups -OCH3 is 1. The number of ether oxygens (including phenoxy) is 1. The van der Waals surface area contributed by atoms with E-state index in [-0.39, 0.29) is 28.4 Å². The van der Waals surface area contributed by atoms with Gasteiger partial charge in [-0.15, -0.1) is 0 Å². The van der Waals surface area contributed by atoms with Gasteiger partial charge in [-0.1, -0.05) is 26.0 Å². The van der Waals surface area contributed by atoms with Crippen molar-refractivity contribution in [1.82, 2.24) is 4.98 Å². The van der Waals surface area contributed by atoms with Gasteiger partial charge in [-0.25, -0.2) is 19.0 Å². The monoisotopic (exact) mass is 360 g/mol. The van der Waals surface area contributed by atoms with E-state index >= 15 is 0 Å². The number of anilines is 1. The number of carboxylic acid groups (broad SMARTS) is 1. The van der Waals surface area contributed by atoms with E-state index in [1.54, 1.807) is 19.0 Å². The first-order valence-corrected chi connectivity index (χ1v) is 8.01. The number of aromatic nitrogens is 1. The predicted octanol–water partition coefficient (Wildman–Crippen LogP) is 3.56. The first kappa shape index (κ1) is 19.4. The zero-order chi connectivity index (χ0) is 19.6. The van der Waals surface area contributed by atoms with Gasteiger partial charge in [0.1, 0.15) is 17.2 Å². The van der Waals surface area contributed by atoms with Crippen LogP contribution in [0.3, 0.4) is 0 Å². The van der Waals surface area contributed by atoms with Crippen molar-refractivity contribution in [3.05, 3.63) is 46.9 Å². The third kappa shape index (κ3) is 3.51. The van der Waals surface area contributed by atoms with Crippen molar-refractivity contribution in [2.24, 2.45) is 0 Å². The number of hydrogen-bond acceptors (Lipinski definition) is 5. The number of nitrogens with zero attached hydrogens (tertiary/aromatic N) is 2. The second-order valence-electron chi connectivity index (χ2n) is 6.30. The number of hydrogen-bond donors (Lipinski definition) is 1. The molecule has 0 spiro atoms. The van der Waals surface area contributed by atoms with Gasteiger partial charge in [0, 0.05) is 19.7 Å². The summed E-state index contributed by atoms with van der Waals surface area (Å²) >= 11 is 0. The maximum atomic E-state index is 13.4. The Morgan fingerprint density at radius 1 is 1.15 bits per heavy atom. The standard InChI is InChI=1S/C19H21FN2O4/c1-10(2)16-14(19(25)26-5)13(11-6-8-12(20)9-7-11)15(18(23)24)17(21-16)22(3)4/h6-10H,1-5H3,(H,23,24). The highest BCUT2D eigenvalue weighted by Gasteiger charge is 2.30. The Hall–Kier alpha value is -2.96. The molecule has 6 nitrogen and oxygen atoms in total. The lowest BCUT2D eigenvalue weighted by atomic mass is 9.90. The normalized spacial score (nSPS) is 10.7. The summed E-state index contributed by atoms with van der Waals surface area (Å²) in [5.41, 5.74) is 0.941. The van der Waals surface area contributed by atoms with Crippen LogP contribution in [0, 0.1) is 5.82 Å². The molecule has 1 N–H and O–H groups in total. The van der Waals surface area contributed by atoms with Gasteiger partial charge in [-0.2, -0.15) is 0 Å². The summed E-state index contributed by atoms with van der Waals surface area (Å²) in [5.74, 6) is -2.33. The first-order chi connectivity index (χ1) is 12.2. The third-order valence-electron chi connectivity index (χ3n) is 3.91. The van der Waals surface area contributed by atoms with Crippen molar-refractivity contribution in [3.63, 3.8) is 0 Å². The fourth-order valence-corrected chi connectivity index (χ4v) is 2.75. The summed E-state index contributed by atoms with van der Waals surface area (Å²) < 4.78 is 18.3. The zero-order valence-electron chi connectivity index (χ0n) is 15.3. The molecule has 0 saturated heterocycles. The van der Waals surface area contributed by atoms with Crippen LogP contribution in [-0.4, -0.2) is 43.2 Å². The molecule has 2 aromatic rings. The second kappa shape index (κ2) is 7.51. The van der Waals surface area contributed by atoms with Gasteiger partial charge in [0.15, 0.2) is 0 Å². The van der Waals surface area contributed by atoms with Crippen molar-refractivity contribution in [3.8, 4) is 11.1 Å². The molecule has 0 amide bonds. The summed E-state index contributed by atoms with van der Waals surface area (Å²) in [6, 6.07) is 5.31. The Balaban J connectivity index is 3.05. The molecule has 0 atom stereocenters. The van der Waals surface area contributed by atoms with Crippen LogP contribution in [-0.2, 0) is 4.74 Å². The van der Waals surface area contributed by atoms with E-state index in [0.29, 0.717) is 11.3 Å². The Labute approximate surface area is 151 Å². The van der Waals surface area contributed by atoms with Crippen molar-refractivity contribution >= 4 is 17.8 Å². The van der Waals surface area contributed by atoms with Gasteiger partial charge in [-0.3, -0.25) is 0 Å². The first-order valence-electron chi connectivity index (χ1n) is 8.01. The molecule has 138 valence electrons. The quantitative estimate of drug-likeness (QED) is 0.821. The van der Waals surface area contributed by atoms with Crippen molar-refractivity contribution < 1.29 is 23.8 Å². The van der Waals surface area contributed by atoms with Crippen LogP contribution in [0.4, 0.5) is 10.2 Å². The van der Waals surface area contributed by atoms with Gasteiger partial charge in [0.2, 0.25) is 0 Å². The van der Waals surface area contributed by atoms with Crippen LogP contribution >= 0.6 is 0 Å². The molecule has 0 aliphatic rings. The van der Waals surface area contributed by atoms with Crippen LogP contribution in [0.15, 0.2) is 24.3 Å². The number of carboxylic acids is 1. The Morgan fingerprint density at radius 2 is 1.73 bits per heavy atom. The fraction of sp³-hybridized carbons (Fsp3) is 0.316. The van der Waals surface area contributed by atoms with Gasteiger partial charge in [-0.05, 0) is 23.6 Å². The van der Waals surface area contributed by atoms with Gasteiger partial charge >= 0.3 is 11.9 Å². The van der Waals surface area contributed by atoms with Crippen LogP contribution in [0.2, 0.25) is 0 Å². The van der Waals surface area contributed by atoms with Crippen LogP contribution in [0.5, 0.6) is 0 Å². The lowest BCUT2D eigenvalue weighted by molar-refractivity contribution is 0.0599. The summed E-state index contributed by atoms with van der Waals surface area (Å²) in [6.07, 6.45) is 0. The molecule has 0 saturated carbocycles. The van der Waals surface area contributed by atoms with E-state index in [2.05, 4.69) is 4.98 Å². The molecule has 1 aromatic heterocycles. The largest absolute Gasteiger partial charge is 0.478 e. The third-order valence-corrected chi connectivity index (χ3v) is 3.91. The van der Waals surface area contributed by atoms with E-state index in [1.807, 2.05) is 13.8 Å². The van der Waals surface area contributed by atoms with E-state index < -0.39 is 17.8 Å². The van der Waals surface area contributed by atoms with Gasteiger partial charge in [0.25, 0.3) is 0 Å². The molecular formula is C19H21FN2O4. The van der Waals surface area contributed by atoms with E-state index in [0.717, 1.165) is 0 Å². The molecule has 0 unspecified atom stereocenters. The highest BCUT2D eigenvalue weighted by atomic mass is 19.1. The maximum absolute atomic E-state index is 13.4. The highest BCUT2D eigenvalue weighted by molar-refractivity contribution is 6.09. The molecule has 7 heteroatoms. The molecular weight excluding hydrogens is 339 g/mol. The molecule has 2 rings (SSSR count). The number of carbonyl (C=O) groups is 2. The molecule has 26 heavy (non-hydrogen) atoms. The summed E-state index contributed by atoms with van der Waals surface area (Å²) in [6.45, 7) is 3.70. The van der Waals surface area contributed by atoms with Gasteiger partial charge in [0.05, 0.1) is 18.4 Å². The lowest BCUT2D eigenvalue weighted by Gasteiger charge is -2.23. The van der Waals surface area contributed by atoms with Crippen molar-refractivity contribution in [2.75, 3.05) is 26.1 Å². The smallest absolute Gasteiger partial charge is 0.340 e. The average Bonchev–Trinajstić information content (AvgIpc) is 2.59. The van der Waals surface area contributed by atoms with Crippen LogP contribution in [0.1, 0.15) is 46.2 Å². The van der Waals surface area contributed by atoms with E-state index in [4.69, 9.17) is 4.74 Å². The number of rotatable bonds is 5.